The summed E-state index contributed by atoms with van der Waals surface area (Å²) in [4.78, 5) is 14.6. The van der Waals surface area contributed by atoms with Gasteiger partial charge in [-0.25, -0.2) is 0 Å². The SMILES string of the molecule is COc1ccc(CCC(=O)N[C@H]2CCN(c3ccc4nncn4n3)C2)c(OC)c1. The van der Waals surface area contributed by atoms with Crippen molar-refractivity contribution in [1.82, 2.24) is 25.1 Å². The number of carbonyl (C=O) groups is 1. The van der Waals surface area contributed by atoms with E-state index in [9.17, 15) is 4.79 Å². The van der Waals surface area contributed by atoms with Crippen molar-refractivity contribution in [3.8, 4) is 11.5 Å². The van der Waals surface area contributed by atoms with Gasteiger partial charge in [-0.1, -0.05) is 6.07 Å². The summed E-state index contributed by atoms with van der Waals surface area (Å²) < 4.78 is 12.3. The molecule has 1 fully saturated rings. The molecule has 1 amide bonds. The Labute approximate surface area is 168 Å². The van der Waals surface area contributed by atoms with Crippen molar-refractivity contribution in [2.45, 2.75) is 25.3 Å². The van der Waals surface area contributed by atoms with E-state index in [1.54, 1.807) is 25.1 Å². The minimum absolute atomic E-state index is 0.0388. The van der Waals surface area contributed by atoms with Gasteiger partial charge in [0.05, 0.1) is 14.2 Å². The number of aryl methyl sites for hydroxylation is 1. The molecule has 1 saturated heterocycles. The largest absolute Gasteiger partial charge is 0.497 e. The number of nitrogens with one attached hydrogen (secondary N) is 1. The van der Waals surface area contributed by atoms with Crippen molar-refractivity contribution in [3.63, 3.8) is 0 Å². The van der Waals surface area contributed by atoms with Crippen LogP contribution in [0, 0.1) is 0 Å². The molecule has 1 aliphatic rings. The van der Waals surface area contributed by atoms with Gasteiger partial charge in [-0.3, -0.25) is 4.79 Å². The van der Waals surface area contributed by atoms with Crippen LogP contribution < -0.4 is 19.7 Å². The van der Waals surface area contributed by atoms with E-state index in [1.807, 2.05) is 30.3 Å². The van der Waals surface area contributed by atoms with Gasteiger partial charge in [0.15, 0.2) is 5.65 Å². The van der Waals surface area contributed by atoms with Crippen LogP contribution >= 0.6 is 0 Å². The lowest BCUT2D eigenvalue weighted by atomic mass is 10.1. The summed E-state index contributed by atoms with van der Waals surface area (Å²) in [6.45, 7) is 1.58. The molecule has 0 spiro atoms. The van der Waals surface area contributed by atoms with Crippen LogP contribution in [0.4, 0.5) is 5.82 Å². The van der Waals surface area contributed by atoms with Crippen molar-refractivity contribution in [2.24, 2.45) is 0 Å². The van der Waals surface area contributed by atoms with Crippen LogP contribution in [0.25, 0.3) is 5.65 Å². The number of amides is 1. The maximum atomic E-state index is 12.4. The second-order valence-corrected chi connectivity index (χ2v) is 7.00. The quantitative estimate of drug-likeness (QED) is 0.646. The van der Waals surface area contributed by atoms with Gasteiger partial charge < -0.3 is 19.7 Å². The maximum Gasteiger partial charge on any atom is 0.220 e. The molecule has 3 aromatic rings. The highest BCUT2D eigenvalue weighted by Crippen LogP contribution is 2.25. The summed E-state index contributed by atoms with van der Waals surface area (Å²) >= 11 is 0. The van der Waals surface area contributed by atoms with E-state index in [0.717, 1.165) is 42.4 Å². The van der Waals surface area contributed by atoms with E-state index in [2.05, 4.69) is 25.5 Å². The Balaban J connectivity index is 1.30. The van der Waals surface area contributed by atoms with Gasteiger partial charge in [0.25, 0.3) is 0 Å². The normalized spacial score (nSPS) is 16.2. The monoisotopic (exact) mass is 396 g/mol. The molecule has 3 heterocycles. The van der Waals surface area contributed by atoms with E-state index >= 15 is 0 Å². The van der Waals surface area contributed by atoms with Crippen molar-refractivity contribution in [3.05, 3.63) is 42.2 Å². The Bertz CT molecular complexity index is 1000. The predicted octanol–water partition coefficient (Wildman–Crippen LogP) is 1.47. The van der Waals surface area contributed by atoms with Gasteiger partial charge in [0.2, 0.25) is 5.91 Å². The van der Waals surface area contributed by atoms with Crippen molar-refractivity contribution < 1.29 is 14.3 Å². The van der Waals surface area contributed by atoms with Crippen LogP contribution in [0.2, 0.25) is 0 Å². The first-order chi connectivity index (χ1) is 14.2. The van der Waals surface area contributed by atoms with Gasteiger partial charge in [0, 0.05) is 31.6 Å². The second-order valence-electron chi connectivity index (χ2n) is 7.00. The molecule has 9 heteroatoms. The minimum atomic E-state index is 0.0388. The molecular weight excluding hydrogens is 372 g/mol. The molecule has 0 bridgehead atoms. The Morgan fingerprint density at radius 3 is 2.97 bits per heavy atom. The summed E-state index contributed by atoms with van der Waals surface area (Å²) in [6.07, 6.45) is 3.49. The van der Waals surface area contributed by atoms with Gasteiger partial charge >= 0.3 is 0 Å². The summed E-state index contributed by atoms with van der Waals surface area (Å²) in [5.74, 6) is 2.37. The molecule has 4 rings (SSSR count). The van der Waals surface area contributed by atoms with Crippen LogP contribution in [-0.4, -0.2) is 59.1 Å². The van der Waals surface area contributed by atoms with E-state index in [0.29, 0.717) is 18.5 Å². The van der Waals surface area contributed by atoms with Crippen LogP contribution in [-0.2, 0) is 11.2 Å². The molecule has 0 radical (unpaired) electrons. The number of methoxy groups -OCH3 is 2. The van der Waals surface area contributed by atoms with Gasteiger partial charge in [-0.15, -0.1) is 15.3 Å². The fourth-order valence-corrected chi connectivity index (χ4v) is 3.58. The number of benzene rings is 1. The fraction of sp³-hybridized carbons (Fsp3) is 0.400. The zero-order valence-corrected chi connectivity index (χ0v) is 16.5. The van der Waals surface area contributed by atoms with Crippen LogP contribution in [0.3, 0.4) is 0 Å². The molecule has 1 N–H and O–H groups in total. The molecule has 152 valence electrons. The molecular formula is C20H24N6O3. The Morgan fingerprint density at radius 2 is 2.14 bits per heavy atom. The van der Waals surface area contributed by atoms with E-state index < -0.39 is 0 Å². The van der Waals surface area contributed by atoms with E-state index in [4.69, 9.17) is 9.47 Å². The number of anilines is 1. The number of nitrogens with zero attached hydrogens (tertiary/aromatic N) is 5. The Kier molecular flexibility index (Phi) is 5.46. The third-order valence-corrected chi connectivity index (χ3v) is 5.14. The number of hydrogen-bond donors (Lipinski definition) is 1. The number of aromatic nitrogens is 4. The summed E-state index contributed by atoms with van der Waals surface area (Å²) in [6, 6.07) is 9.59. The minimum Gasteiger partial charge on any atom is -0.497 e. The highest BCUT2D eigenvalue weighted by Gasteiger charge is 2.25. The lowest BCUT2D eigenvalue weighted by Crippen LogP contribution is -2.37. The summed E-state index contributed by atoms with van der Waals surface area (Å²) in [7, 11) is 3.24. The Morgan fingerprint density at radius 1 is 1.24 bits per heavy atom. The standard InChI is InChI=1S/C20H24N6O3/c1-28-16-5-3-14(17(11-16)29-2)4-8-20(27)22-15-9-10-25(12-15)19-7-6-18-23-21-13-26(18)24-19/h3,5-7,11,13,15H,4,8-10,12H2,1-2H3,(H,22,27)/t15-/m0/s1. The first-order valence-corrected chi connectivity index (χ1v) is 9.58. The lowest BCUT2D eigenvalue weighted by molar-refractivity contribution is -0.121. The Hall–Kier alpha value is -3.36. The topological polar surface area (TPSA) is 93.9 Å². The van der Waals surface area contributed by atoms with Crippen LogP contribution in [0.1, 0.15) is 18.4 Å². The van der Waals surface area contributed by atoms with Gasteiger partial charge in [-0.2, -0.15) is 4.52 Å². The van der Waals surface area contributed by atoms with Crippen molar-refractivity contribution in [1.29, 1.82) is 0 Å². The number of hydrogen-bond acceptors (Lipinski definition) is 7. The maximum absolute atomic E-state index is 12.4. The number of rotatable bonds is 7. The molecule has 1 atom stereocenters. The molecule has 2 aromatic heterocycles. The molecule has 0 unspecified atom stereocenters. The lowest BCUT2D eigenvalue weighted by Gasteiger charge is -2.18. The first-order valence-electron chi connectivity index (χ1n) is 9.58. The van der Waals surface area contributed by atoms with Crippen LogP contribution in [0.5, 0.6) is 11.5 Å². The average molecular weight is 396 g/mol. The average Bonchev–Trinajstić information content (AvgIpc) is 3.40. The number of ether oxygens (including phenoxy) is 2. The smallest absolute Gasteiger partial charge is 0.220 e. The third kappa shape index (κ3) is 4.23. The molecule has 9 nitrogen and oxygen atoms in total. The van der Waals surface area contributed by atoms with Gasteiger partial charge in [0.1, 0.15) is 23.6 Å². The van der Waals surface area contributed by atoms with Gasteiger partial charge in [-0.05, 0) is 36.6 Å². The molecule has 29 heavy (non-hydrogen) atoms. The predicted molar refractivity (Wildman–Crippen MR) is 107 cm³/mol. The molecule has 0 saturated carbocycles. The first kappa shape index (κ1) is 19.0. The summed E-state index contributed by atoms with van der Waals surface area (Å²) in [5, 5.41) is 15.5. The second kappa shape index (κ2) is 8.34. The molecule has 1 aromatic carbocycles. The number of fused-ring (bicyclic) bond motifs is 1. The zero-order chi connectivity index (χ0) is 20.2. The van der Waals surface area contributed by atoms with E-state index in [1.165, 1.54) is 0 Å². The highest BCUT2D eigenvalue weighted by atomic mass is 16.5. The molecule has 0 aliphatic carbocycles. The summed E-state index contributed by atoms with van der Waals surface area (Å²) in [5.41, 5.74) is 1.70. The van der Waals surface area contributed by atoms with Crippen LogP contribution in [0.15, 0.2) is 36.7 Å². The fourth-order valence-electron chi connectivity index (χ4n) is 3.58. The third-order valence-electron chi connectivity index (χ3n) is 5.14. The van der Waals surface area contributed by atoms with E-state index in [-0.39, 0.29) is 11.9 Å². The van der Waals surface area contributed by atoms with Crippen molar-refractivity contribution in [2.75, 3.05) is 32.2 Å². The molecule has 1 aliphatic heterocycles. The highest BCUT2D eigenvalue weighted by molar-refractivity contribution is 5.76. The van der Waals surface area contributed by atoms with Crippen molar-refractivity contribution >= 4 is 17.4 Å². The zero-order valence-electron chi connectivity index (χ0n) is 16.5. The number of carbonyl (C=O) groups excluding carboxylic acids is 1.